The maximum Gasteiger partial charge on any atom is 0.162 e. The first-order chi connectivity index (χ1) is 14.4. The first-order valence-corrected chi connectivity index (χ1v) is 9.66. The van der Waals surface area contributed by atoms with Crippen molar-refractivity contribution in [3.63, 3.8) is 0 Å². The van der Waals surface area contributed by atoms with Gasteiger partial charge in [-0.1, -0.05) is 18.2 Å². The van der Waals surface area contributed by atoms with Gasteiger partial charge in [0.15, 0.2) is 17.3 Å². The number of aromatic nitrogens is 3. The number of para-hydroxylation sites is 1. The number of anilines is 1. The molecule has 0 bridgehead atoms. The summed E-state index contributed by atoms with van der Waals surface area (Å²) in [5.74, 6) is 3.08. The van der Waals surface area contributed by atoms with Gasteiger partial charge in [-0.05, 0) is 42.0 Å². The normalized spacial score (nSPS) is 13.1. The fourth-order valence-corrected chi connectivity index (χ4v) is 3.34. The molecule has 6 heteroatoms. The van der Waals surface area contributed by atoms with Crippen LogP contribution in [0.2, 0.25) is 0 Å². The van der Waals surface area contributed by atoms with E-state index >= 15 is 0 Å². The fourth-order valence-electron chi connectivity index (χ4n) is 3.34. The molecule has 0 atom stereocenters. The maximum absolute atomic E-state index is 5.80. The number of hydrogen-bond acceptors (Lipinski definition) is 6. The lowest BCUT2D eigenvalue weighted by Crippen LogP contribution is -2.05. The molecule has 0 saturated heterocycles. The van der Waals surface area contributed by atoms with Gasteiger partial charge in [-0.25, -0.2) is 9.97 Å². The summed E-state index contributed by atoms with van der Waals surface area (Å²) in [6, 6.07) is 17.9. The molecule has 6 nitrogen and oxygen atoms in total. The molecule has 4 aromatic rings. The largest absolute Gasteiger partial charge is 0.490 e. The number of benzene rings is 2. The summed E-state index contributed by atoms with van der Waals surface area (Å²) in [7, 11) is 0. The van der Waals surface area contributed by atoms with E-state index in [0.717, 1.165) is 45.8 Å². The van der Waals surface area contributed by atoms with E-state index in [1.165, 1.54) is 0 Å². The molecule has 0 fully saturated rings. The van der Waals surface area contributed by atoms with E-state index in [0.29, 0.717) is 25.6 Å². The van der Waals surface area contributed by atoms with Crippen LogP contribution < -0.4 is 14.8 Å². The van der Waals surface area contributed by atoms with Gasteiger partial charge in [0, 0.05) is 36.3 Å². The number of ether oxygens (including phenoxy) is 2. The summed E-state index contributed by atoms with van der Waals surface area (Å²) in [4.78, 5) is 13.6. The quantitative estimate of drug-likeness (QED) is 0.560. The highest BCUT2D eigenvalue weighted by Gasteiger charge is 2.12. The Bertz CT molecular complexity index is 1150. The molecule has 0 saturated carbocycles. The van der Waals surface area contributed by atoms with Crippen LogP contribution in [0.1, 0.15) is 12.0 Å². The minimum Gasteiger partial charge on any atom is -0.490 e. The molecule has 144 valence electrons. The summed E-state index contributed by atoms with van der Waals surface area (Å²) in [5, 5.41) is 4.46. The van der Waals surface area contributed by atoms with Crippen molar-refractivity contribution in [2.75, 3.05) is 18.5 Å². The van der Waals surface area contributed by atoms with Gasteiger partial charge in [0.25, 0.3) is 0 Å². The summed E-state index contributed by atoms with van der Waals surface area (Å²) in [6.45, 7) is 1.98. The number of nitrogens with zero attached hydrogens (tertiary/aromatic N) is 3. The molecule has 0 unspecified atom stereocenters. The first-order valence-electron chi connectivity index (χ1n) is 9.66. The van der Waals surface area contributed by atoms with Crippen molar-refractivity contribution >= 4 is 16.7 Å². The standard InChI is InChI=1S/C23H20N4O2/c1-2-5-19-18(4-1)23(27-22(26-19)17-8-10-24-11-9-17)25-15-16-6-7-20-21(14-16)29-13-3-12-28-20/h1-2,4-11,14H,3,12-13,15H2,(H,25,26,27). The lowest BCUT2D eigenvalue weighted by molar-refractivity contribution is 0.297. The maximum atomic E-state index is 5.80. The van der Waals surface area contributed by atoms with Crippen LogP contribution in [0, 0.1) is 0 Å². The van der Waals surface area contributed by atoms with Crippen molar-refractivity contribution in [3.05, 3.63) is 72.6 Å². The van der Waals surface area contributed by atoms with Crippen molar-refractivity contribution in [3.8, 4) is 22.9 Å². The number of hydrogen-bond donors (Lipinski definition) is 1. The minimum absolute atomic E-state index is 0.618. The van der Waals surface area contributed by atoms with Gasteiger partial charge in [-0.3, -0.25) is 4.98 Å². The van der Waals surface area contributed by atoms with Crippen LogP contribution in [-0.2, 0) is 6.54 Å². The number of rotatable bonds is 4. The predicted molar refractivity (Wildman–Crippen MR) is 112 cm³/mol. The zero-order valence-corrected chi connectivity index (χ0v) is 15.8. The van der Waals surface area contributed by atoms with E-state index in [1.807, 2.05) is 54.6 Å². The van der Waals surface area contributed by atoms with Gasteiger partial charge in [-0.15, -0.1) is 0 Å². The first kappa shape index (κ1) is 17.4. The highest BCUT2D eigenvalue weighted by Crippen LogP contribution is 2.31. The molecule has 1 aliphatic heterocycles. The number of pyridine rings is 1. The van der Waals surface area contributed by atoms with Crippen molar-refractivity contribution in [2.24, 2.45) is 0 Å². The molecule has 1 aliphatic rings. The van der Waals surface area contributed by atoms with Crippen LogP contribution >= 0.6 is 0 Å². The van der Waals surface area contributed by atoms with Gasteiger partial charge in [0.1, 0.15) is 5.82 Å². The Morgan fingerprint density at radius 3 is 2.59 bits per heavy atom. The summed E-state index contributed by atoms with van der Waals surface area (Å²) in [5.41, 5.74) is 2.93. The monoisotopic (exact) mass is 384 g/mol. The molecule has 3 heterocycles. The Labute approximate surface area is 168 Å². The smallest absolute Gasteiger partial charge is 0.162 e. The Morgan fingerprint density at radius 1 is 0.862 bits per heavy atom. The van der Waals surface area contributed by atoms with Crippen LogP contribution in [0.4, 0.5) is 5.82 Å². The second kappa shape index (κ2) is 7.75. The lowest BCUT2D eigenvalue weighted by atomic mass is 10.1. The molecular formula is C23H20N4O2. The van der Waals surface area contributed by atoms with Crippen LogP contribution in [0.15, 0.2) is 67.0 Å². The predicted octanol–water partition coefficient (Wildman–Crippen LogP) is 4.47. The third-order valence-corrected chi connectivity index (χ3v) is 4.81. The van der Waals surface area contributed by atoms with Gasteiger partial charge in [0.2, 0.25) is 0 Å². The van der Waals surface area contributed by atoms with Crippen molar-refractivity contribution < 1.29 is 9.47 Å². The Morgan fingerprint density at radius 2 is 1.69 bits per heavy atom. The van der Waals surface area contributed by atoms with E-state index < -0.39 is 0 Å². The third kappa shape index (κ3) is 3.69. The van der Waals surface area contributed by atoms with E-state index in [-0.39, 0.29) is 0 Å². The Kier molecular flexibility index (Phi) is 4.66. The SMILES string of the molecule is c1ccc2c(NCc3ccc4c(c3)OCCCO4)nc(-c3ccncc3)nc2c1. The second-order valence-electron chi connectivity index (χ2n) is 6.83. The molecule has 5 rings (SSSR count). The van der Waals surface area contributed by atoms with Crippen molar-refractivity contribution in [2.45, 2.75) is 13.0 Å². The van der Waals surface area contributed by atoms with Gasteiger partial charge in [0.05, 0.1) is 18.7 Å². The number of fused-ring (bicyclic) bond motifs is 2. The molecule has 2 aromatic carbocycles. The van der Waals surface area contributed by atoms with Crippen LogP contribution in [-0.4, -0.2) is 28.2 Å². The van der Waals surface area contributed by atoms with Crippen molar-refractivity contribution in [1.29, 1.82) is 0 Å². The van der Waals surface area contributed by atoms with Crippen LogP contribution in [0.5, 0.6) is 11.5 Å². The average Bonchev–Trinajstić information content (AvgIpc) is 3.03. The molecule has 1 N–H and O–H groups in total. The van der Waals surface area contributed by atoms with E-state index in [2.05, 4.69) is 10.3 Å². The van der Waals surface area contributed by atoms with Gasteiger partial charge in [-0.2, -0.15) is 0 Å². The molecular weight excluding hydrogens is 364 g/mol. The molecule has 2 aromatic heterocycles. The van der Waals surface area contributed by atoms with Crippen LogP contribution in [0.25, 0.3) is 22.3 Å². The Balaban J connectivity index is 1.46. The fraction of sp³-hybridized carbons (Fsp3) is 0.174. The minimum atomic E-state index is 0.618. The van der Waals surface area contributed by atoms with Crippen LogP contribution in [0.3, 0.4) is 0 Å². The number of nitrogens with one attached hydrogen (secondary N) is 1. The van der Waals surface area contributed by atoms with E-state index in [1.54, 1.807) is 12.4 Å². The summed E-state index contributed by atoms with van der Waals surface area (Å²) in [6.07, 6.45) is 4.39. The topological polar surface area (TPSA) is 69.2 Å². The zero-order valence-electron chi connectivity index (χ0n) is 15.8. The molecule has 29 heavy (non-hydrogen) atoms. The average molecular weight is 384 g/mol. The lowest BCUT2D eigenvalue weighted by Gasteiger charge is -2.13. The molecule has 0 aliphatic carbocycles. The summed E-state index contributed by atoms with van der Waals surface area (Å²) < 4.78 is 11.5. The molecule has 0 amide bonds. The highest BCUT2D eigenvalue weighted by molar-refractivity contribution is 5.90. The third-order valence-electron chi connectivity index (χ3n) is 4.81. The Hall–Kier alpha value is -3.67. The van der Waals surface area contributed by atoms with Gasteiger partial charge >= 0.3 is 0 Å². The van der Waals surface area contributed by atoms with Crippen molar-refractivity contribution in [1.82, 2.24) is 15.0 Å². The molecule has 0 radical (unpaired) electrons. The van der Waals surface area contributed by atoms with Gasteiger partial charge < -0.3 is 14.8 Å². The second-order valence-corrected chi connectivity index (χ2v) is 6.83. The molecule has 0 spiro atoms. The summed E-state index contributed by atoms with van der Waals surface area (Å²) >= 11 is 0. The van der Waals surface area contributed by atoms with E-state index in [4.69, 9.17) is 19.4 Å². The zero-order chi connectivity index (χ0) is 19.5. The highest BCUT2D eigenvalue weighted by atomic mass is 16.5. The van der Waals surface area contributed by atoms with E-state index in [9.17, 15) is 0 Å².